The summed E-state index contributed by atoms with van der Waals surface area (Å²) in [5.74, 6) is -2.29. The van der Waals surface area contributed by atoms with E-state index in [0.29, 0.717) is 10.4 Å². The van der Waals surface area contributed by atoms with Crippen molar-refractivity contribution in [1.82, 2.24) is 4.31 Å². The molecule has 0 aliphatic carbocycles. The van der Waals surface area contributed by atoms with Gasteiger partial charge in [0, 0.05) is 7.05 Å². The molecule has 6 nitrogen and oxygen atoms in total. The summed E-state index contributed by atoms with van der Waals surface area (Å²) < 4.78 is 38.1. The molecule has 8 heteroatoms. The Morgan fingerprint density at radius 1 is 1.53 bits per heavy atom. The van der Waals surface area contributed by atoms with Gasteiger partial charge in [0.25, 0.3) is 0 Å². The number of hydrogen-bond donors (Lipinski definition) is 1. The van der Waals surface area contributed by atoms with Gasteiger partial charge in [-0.25, -0.2) is 12.8 Å². The molecule has 1 rings (SSSR count). The van der Waals surface area contributed by atoms with Crippen LogP contribution in [0.15, 0.2) is 23.1 Å². The second-order valence-electron chi connectivity index (χ2n) is 3.79. The molecule has 1 N–H and O–H groups in total. The fourth-order valence-electron chi connectivity index (χ4n) is 1.28. The van der Waals surface area contributed by atoms with Gasteiger partial charge in [0.15, 0.2) is 0 Å². The summed E-state index contributed by atoms with van der Waals surface area (Å²) in [5, 5.41) is 17.3. The first kappa shape index (κ1) is 15.1. The molecule has 0 amide bonds. The lowest BCUT2D eigenvalue weighted by molar-refractivity contribution is -0.140. The van der Waals surface area contributed by atoms with Gasteiger partial charge in [-0.1, -0.05) is 0 Å². The number of hydrogen-bond acceptors (Lipinski definition) is 4. The average Bonchev–Trinajstić information content (AvgIpc) is 2.36. The van der Waals surface area contributed by atoms with Crippen molar-refractivity contribution in [2.75, 3.05) is 7.05 Å². The molecule has 0 spiro atoms. The van der Waals surface area contributed by atoms with Crippen molar-refractivity contribution in [1.29, 1.82) is 5.26 Å². The highest BCUT2D eigenvalue weighted by atomic mass is 32.2. The smallest absolute Gasteiger partial charge is 0.321 e. The number of carboxylic acid groups (broad SMARTS) is 1. The van der Waals surface area contributed by atoms with Crippen LogP contribution in [0.3, 0.4) is 0 Å². The highest BCUT2D eigenvalue weighted by molar-refractivity contribution is 7.89. The van der Waals surface area contributed by atoms with E-state index in [1.54, 1.807) is 6.07 Å². The van der Waals surface area contributed by atoms with E-state index in [2.05, 4.69) is 0 Å². The van der Waals surface area contributed by atoms with Gasteiger partial charge in [-0.2, -0.15) is 9.57 Å². The lowest BCUT2D eigenvalue weighted by Gasteiger charge is -2.21. The molecule has 1 aromatic rings. The number of nitrogens with zero attached hydrogens (tertiary/aromatic N) is 2. The van der Waals surface area contributed by atoms with Gasteiger partial charge in [0.1, 0.15) is 17.9 Å². The SMILES string of the molecule is CC(C(=O)O)N(C)S(=O)(=O)c1ccc(C#N)c(F)c1. The fourth-order valence-corrected chi connectivity index (χ4v) is 2.61. The molecular weight excluding hydrogens is 275 g/mol. The Labute approximate surface area is 109 Å². The molecule has 102 valence electrons. The number of likely N-dealkylation sites (N-methyl/N-ethyl adjacent to an activating group) is 1. The Morgan fingerprint density at radius 3 is 2.53 bits per heavy atom. The largest absolute Gasteiger partial charge is 0.480 e. The lowest BCUT2D eigenvalue weighted by Crippen LogP contribution is -2.40. The Balaban J connectivity index is 3.25. The third kappa shape index (κ3) is 2.89. The van der Waals surface area contributed by atoms with E-state index in [9.17, 15) is 17.6 Å². The van der Waals surface area contributed by atoms with Crippen LogP contribution in [0.1, 0.15) is 12.5 Å². The highest BCUT2D eigenvalue weighted by Gasteiger charge is 2.29. The van der Waals surface area contributed by atoms with E-state index < -0.39 is 32.7 Å². The van der Waals surface area contributed by atoms with Crippen LogP contribution in [0.5, 0.6) is 0 Å². The first-order valence-corrected chi connectivity index (χ1v) is 6.56. The van der Waals surface area contributed by atoms with Crippen molar-refractivity contribution in [3.05, 3.63) is 29.6 Å². The molecule has 0 saturated heterocycles. The van der Waals surface area contributed by atoms with Crippen molar-refractivity contribution < 1.29 is 22.7 Å². The second-order valence-corrected chi connectivity index (χ2v) is 5.79. The van der Waals surface area contributed by atoms with Gasteiger partial charge in [-0.15, -0.1) is 0 Å². The third-order valence-corrected chi connectivity index (χ3v) is 4.56. The number of halogens is 1. The molecule has 0 fully saturated rings. The fraction of sp³-hybridized carbons (Fsp3) is 0.273. The van der Waals surface area contributed by atoms with Gasteiger partial charge >= 0.3 is 5.97 Å². The van der Waals surface area contributed by atoms with Gasteiger partial charge in [0.2, 0.25) is 10.0 Å². The summed E-state index contributed by atoms with van der Waals surface area (Å²) in [6.07, 6.45) is 0. The zero-order chi connectivity index (χ0) is 14.8. The minimum absolute atomic E-state index is 0.284. The molecule has 0 aliphatic heterocycles. The third-order valence-electron chi connectivity index (χ3n) is 2.64. The van der Waals surface area contributed by atoms with Crippen LogP contribution in [-0.2, 0) is 14.8 Å². The summed E-state index contributed by atoms with van der Waals surface area (Å²) in [4.78, 5) is 10.4. The van der Waals surface area contributed by atoms with Crippen LogP contribution < -0.4 is 0 Å². The number of sulfonamides is 1. The molecule has 0 aromatic heterocycles. The molecule has 1 atom stereocenters. The predicted octanol–water partition coefficient (Wildman–Crippen LogP) is 0.791. The number of rotatable bonds is 4. The van der Waals surface area contributed by atoms with E-state index in [4.69, 9.17) is 10.4 Å². The highest BCUT2D eigenvalue weighted by Crippen LogP contribution is 2.19. The predicted molar refractivity (Wildman–Crippen MR) is 63.2 cm³/mol. The van der Waals surface area contributed by atoms with Gasteiger partial charge in [0.05, 0.1) is 10.5 Å². The molecule has 0 saturated carbocycles. The monoisotopic (exact) mass is 286 g/mol. The molecule has 19 heavy (non-hydrogen) atoms. The van der Waals surface area contributed by atoms with Crippen LogP contribution in [0.25, 0.3) is 0 Å². The number of carboxylic acids is 1. The summed E-state index contributed by atoms with van der Waals surface area (Å²) in [7, 11) is -3.04. The Bertz CT molecular complexity index is 651. The standard InChI is InChI=1S/C11H11FN2O4S/c1-7(11(15)16)14(2)19(17,18)9-4-3-8(6-13)10(12)5-9/h3-5,7H,1-2H3,(H,15,16). The first-order valence-electron chi connectivity index (χ1n) is 5.12. The number of carbonyl (C=O) groups is 1. The molecule has 0 radical (unpaired) electrons. The molecular formula is C11H11FN2O4S. The normalized spacial score (nSPS) is 13.0. The molecule has 0 bridgehead atoms. The van der Waals surface area contributed by atoms with Crippen molar-refractivity contribution in [3.63, 3.8) is 0 Å². The number of benzene rings is 1. The van der Waals surface area contributed by atoms with Crippen LogP contribution in [0.2, 0.25) is 0 Å². The zero-order valence-corrected chi connectivity index (χ0v) is 11.0. The second kappa shape index (κ2) is 5.34. The molecule has 0 heterocycles. The maximum Gasteiger partial charge on any atom is 0.321 e. The maximum absolute atomic E-state index is 13.4. The quantitative estimate of drug-likeness (QED) is 0.882. The van der Waals surface area contributed by atoms with Gasteiger partial charge in [-0.05, 0) is 25.1 Å². The van der Waals surface area contributed by atoms with E-state index >= 15 is 0 Å². The van der Waals surface area contributed by atoms with Crippen molar-refractivity contribution in [3.8, 4) is 6.07 Å². The lowest BCUT2D eigenvalue weighted by atomic mass is 10.2. The number of nitriles is 1. The molecule has 1 aromatic carbocycles. The first-order chi connectivity index (χ1) is 8.71. The van der Waals surface area contributed by atoms with E-state index in [0.717, 1.165) is 19.2 Å². The summed E-state index contributed by atoms with van der Waals surface area (Å²) >= 11 is 0. The minimum atomic E-state index is -4.13. The van der Waals surface area contributed by atoms with Crippen LogP contribution in [-0.4, -0.2) is 36.9 Å². The van der Waals surface area contributed by atoms with Gasteiger partial charge < -0.3 is 5.11 Å². The van der Waals surface area contributed by atoms with E-state index in [1.165, 1.54) is 6.92 Å². The van der Waals surface area contributed by atoms with Crippen LogP contribution in [0.4, 0.5) is 4.39 Å². The molecule has 0 aliphatic rings. The summed E-state index contributed by atoms with van der Waals surface area (Å²) in [6.45, 7) is 1.19. The maximum atomic E-state index is 13.4. The van der Waals surface area contributed by atoms with Crippen LogP contribution in [0, 0.1) is 17.1 Å². The summed E-state index contributed by atoms with van der Waals surface area (Å²) in [6, 6.07) is 3.06. The van der Waals surface area contributed by atoms with Crippen molar-refractivity contribution in [2.45, 2.75) is 17.9 Å². The zero-order valence-electron chi connectivity index (χ0n) is 10.2. The Kier molecular flexibility index (Phi) is 4.24. The van der Waals surface area contributed by atoms with Crippen molar-refractivity contribution >= 4 is 16.0 Å². The minimum Gasteiger partial charge on any atom is -0.480 e. The number of aliphatic carboxylic acids is 1. The van der Waals surface area contributed by atoms with E-state index in [-0.39, 0.29) is 5.56 Å². The van der Waals surface area contributed by atoms with E-state index in [1.807, 2.05) is 0 Å². The molecule has 1 unspecified atom stereocenters. The van der Waals surface area contributed by atoms with Crippen molar-refractivity contribution in [2.24, 2.45) is 0 Å². The Morgan fingerprint density at radius 2 is 2.11 bits per heavy atom. The van der Waals surface area contributed by atoms with Gasteiger partial charge in [-0.3, -0.25) is 4.79 Å². The Hall–Kier alpha value is -1.98. The van der Waals surface area contributed by atoms with Crippen LogP contribution >= 0.6 is 0 Å². The topological polar surface area (TPSA) is 98.5 Å². The summed E-state index contributed by atoms with van der Waals surface area (Å²) in [5.41, 5.74) is -0.284. The average molecular weight is 286 g/mol.